The van der Waals surface area contributed by atoms with Crippen LogP contribution >= 0.6 is 11.6 Å². The van der Waals surface area contributed by atoms with E-state index in [4.69, 9.17) is 11.6 Å². The third kappa shape index (κ3) is 5.60. The SMILES string of the molecule is O=C(NNc1nc2ccccc2nc1/C=C/c1cccc([N+](=O)[O-])c1)Nc1cccc(Cl)c1. The molecule has 3 aromatic carbocycles. The van der Waals surface area contributed by atoms with E-state index in [2.05, 4.69) is 26.1 Å². The minimum atomic E-state index is -0.527. The van der Waals surface area contributed by atoms with E-state index in [-0.39, 0.29) is 5.69 Å². The Kier molecular flexibility index (Phi) is 6.42. The Balaban J connectivity index is 1.57. The molecule has 0 saturated heterocycles. The fourth-order valence-corrected chi connectivity index (χ4v) is 3.17. The van der Waals surface area contributed by atoms with E-state index < -0.39 is 11.0 Å². The molecule has 4 aromatic rings. The van der Waals surface area contributed by atoms with Crippen LogP contribution in [0.3, 0.4) is 0 Å². The average molecular weight is 461 g/mol. The predicted octanol–water partition coefficient (Wildman–Crippen LogP) is 5.51. The molecule has 10 heteroatoms. The maximum atomic E-state index is 12.3. The zero-order chi connectivity index (χ0) is 23.2. The number of urea groups is 1. The molecule has 0 saturated carbocycles. The second kappa shape index (κ2) is 9.75. The Labute approximate surface area is 193 Å². The molecule has 0 fully saturated rings. The number of carbonyl (C=O) groups is 1. The Morgan fingerprint density at radius 1 is 0.939 bits per heavy atom. The van der Waals surface area contributed by atoms with Crippen molar-refractivity contribution in [1.29, 1.82) is 0 Å². The molecule has 3 N–H and O–H groups in total. The number of nitrogens with zero attached hydrogens (tertiary/aromatic N) is 3. The van der Waals surface area contributed by atoms with E-state index >= 15 is 0 Å². The summed E-state index contributed by atoms with van der Waals surface area (Å²) in [4.78, 5) is 32.0. The standard InChI is InChI=1S/C23H17ClN6O3/c24-16-6-4-7-17(14-16)25-23(31)29-28-22-21(26-19-9-1-2-10-20(19)27-22)12-11-15-5-3-8-18(13-15)30(32)33/h1-14H,(H,27,28)(H2,25,29,31)/b12-11+. The van der Waals surface area contributed by atoms with Crippen molar-refractivity contribution in [2.75, 3.05) is 10.7 Å². The fourth-order valence-electron chi connectivity index (χ4n) is 2.98. The Bertz CT molecular complexity index is 1380. The highest BCUT2D eigenvalue weighted by molar-refractivity contribution is 6.30. The number of halogens is 1. The monoisotopic (exact) mass is 460 g/mol. The first-order chi connectivity index (χ1) is 16.0. The summed E-state index contributed by atoms with van der Waals surface area (Å²) >= 11 is 5.94. The normalized spacial score (nSPS) is 10.8. The number of hydrogen-bond acceptors (Lipinski definition) is 6. The van der Waals surface area contributed by atoms with Crippen molar-refractivity contribution in [3.63, 3.8) is 0 Å². The van der Waals surface area contributed by atoms with Crippen molar-refractivity contribution in [2.24, 2.45) is 0 Å². The molecule has 1 heterocycles. The van der Waals surface area contributed by atoms with Gasteiger partial charge in [-0.1, -0.05) is 48.0 Å². The Hall–Kier alpha value is -4.50. The molecule has 1 aromatic heterocycles. The number of amides is 2. The number of rotatable bonds is 6. The summed E-state index contributed by atoms with van der Waals surface area (Å²) in [5.74, 6) is 0.302. The lowest BCUT2D eigenvalue weighted by Gasteiger charge is -2.12. The Morgan fingerprint density at radius 2 is 1.70 bits per heavy atom. The lowest BCUT2D eigenvalue weighted by molar-refractivity contribution is -0.384. The van der Waals surface area contributed by atoms with Crippen LogP contribution in [0.4, 0.5) is 22.0 Å². The predicted molar refractivity (Wildman–Crippen MR) is 129 cm³/mol. The van der Waals surface area contributed by atoms with Crippen LogP contribution in [0.25, 0.3) is 23.2 Å². The van der Waals surface area contributed by atoms with Crippen LogP contribution in [0.15, 0.2) is 72.8 Å². The van der Waals surface area contributed by atoms with Crippen molar-refractivity contribution in [3.8, 4) is 0 Å². The van der Waals surface area contributed by atoms with Gasteiger partial charge in [-0.15, -0.1) is 0 Å². The highest BCUT2D eigenvalue weighted by Crippen LogP contribution is 2.20. The van der Waals surface area contributed by atoms with Gasteiger partial charge in [0.25, 0.3) is 5.69 Å². The fraction of sp³-hybridized carbons (Fsp3) is 0. The molecule has 33 heavy (non-hydrogen) atoms. The van der Waals surface area contributed by atoms with Gasteiger partial charge in [0.1, 0.15) is 5.69 Å². The third-order valence-electron chi connectivity index (χ3n) is 4.49. The second-order valence-corrected chi connectivity index (χ2v) is 7.28. The van der Waals surface area contributed by atoms with Crippen molar-refractivity contribution in [2.45, 2.75) is 0 Å². The van der Waals surface area contributed by atoms with E-state index in [1.165, 1.54) is 12.1 Å². The number of benzene rings is 3. The summed E-state index contributed by atoms with van der Waals surface area (Å²) in [5, 5.41) is 14.2. The number of anilines is 2. The number of fused-ring (bicyclic) bond motifs is 1. The van der Waals surface area contributed by atoms with Crippen LogP contribution in [0.2, 0.25) is 5.02 Å². The van der Waals surface area contributed by atoms with Crippen LogP contribution < -0.4 is 16.2 Å². The molecule has 0 bridgehead atoms. The highest BCUT2D eigenvalue weighted by Gasteiger charge is 2.09. The molecular formula is C23H17ClN6O3. The molecule has 0 radical (unpaired) electrons. The second-order valence-electron chi connectivity index (χ2n) is 6.85. The topological polar surface area (TPSA) is 122 Å². The molecule has 9 nitrogen and oxygen atoms in total. The molecular weight excluding hydrogens is 444 g/mol. The van der Waals surface area contributed by atoms with Gasteiger partial charge >= 0.3 is 6.03 Å². The summed E-state index contributed by atoms with van der Waals surface area (Å²) < 4.78 is 0. The van der Waals surface area contributed by atoms with Gasteiger partial charge in [0.05, 0.1) is 16.0 Å². The van der Waals surface area contributed by atoms with E-state index in [9.17, 15) is 14.9 Å². The number of para-hydroxylation sites is 2. The average Bonchev–Trinajstić information content (AvgIpc) is 2.81. The Morgan fingerprint density at radius 3 is 2.45 bits per heavy atom. The summed E-state index contributed by atoms with van der Waals surface area (Å²) in [7, 11) is 0. The molecule has 0 aliphatic heterocycles. The van der Waals surface area contributed by atoms with Crippen LogP contribution in [-0.2, 0) is 0 Å². The van der Waals surface area contributed by atoms with Crippen LogP contribution in [0.5, 0.6) is 0 Å². The van der Waals surface area contributed by atoms with Crippen molar-refractivity contribution >= 4 is 58.0 Å². The van der Waals surface area contributed by atoms with Gasteiger partial charge in [0, 0.05) is 22.8 Å². The van der Waals surface area contributed by atoms with E-state index in [1.807, 2.05) is 18.2 Å². The van der Waals surface area contributed by atoms with Gasteiger partial charge in [-0.2, -0.15) is 0 Å². The quantitative estimate of drug-likeness (QED) is 0.257. The molecule has 0 atom stereocenters. The zero-order valence-corrected chi connectivity index (χ0v) is 17.8. The van der Waals surface area contributed by atoms with Crippen LogP contribution in [-0.4, -0.2) is 20.9 Å². The van der Waals surface area contributed by atoms with Gasteiger partial charge < -0.3 is 5.32 Å². The van der Waals surface area contributed by atoms with Gasteiger partial charge in [-0.05, 0) is 42.0 Å². The molecule has 0 spiro atoms. The van der Waals surface area contributed by atoms with Crippen molar-refractivity contribution in [1.82, 2.24) is 15.4 Å². The number of hydrogen-bond donors (Lipinski definition) is 3. The number of nitro groups is 1. The molecule has 0 aliphatic rings. The first-order valence-corrected chi connectivity index (χ1v) is 10.1. The molecule has 0 unspecified atom stereocenters. The minimum Gasteiger partial charge on any atom is -0.307 e. The van der Waals surface area contributed by atoms with E-state index in [0.717, 1.165) is 0 Å². The maximum absolute atomic E-state index is 12.3. The van der Waals surface area contributed by atoms with E-state index in [0.29, 0.717) is 38.8 Å². The van der Waals surface area contributed by atoms with Crippen LogP contribution in [0.1, 0.15) is 11.3 Å². The van der Waals surface area contributed by atoms with E-state index in [1.54, 1.807) is 54.6 Å². The largest absolute Gasteiger partial charge is 0.337 e. The molecule has 0 aliphatic carbocycles. The van der Waals surface area contributed by atoms with Crippen LogP contribution in [0, 0.1) is 10.1 Å². The number of hydrazine groups is 1. The number of carbonyl (C=O) groups excluding carboxylic acids is 1. The van der Waals surface area contributed by atoms with Crippen molar-refractivity contribution in [3.05, 3.63) is 99.2 Å². The molecule has 4 rings (SSSR count). The lowest BCUT2D eigenvalue weighted by Crippen LogP contribution is -2.34. The molecule has 164 valence electrons. The smallest absolute Gasteiger partial charge is 0.307 e. The molecule has 2 amide bonds. The van der Waals surface area contributed by atoms with Crippen molar-refractivity contribution < 1.29 is 9.72 Å². The van der Waals surface area contributed by atoms with Gasteiger partial charge in [0.2, 0.25) is 0 Å². The van der Waals surface area contributed by atoms with Gasteiger partial charge in [-0.25, -0.2) is 20.2 Å². The number of aromatic nitrogens is 2. The van der Waals surface area contributed by atoms with Gasteiger partial charge in [-0.3, -0.25) is 15.5 Å². The summed E-state index contributed by atoms with van der Waals surface area (Å²) in [5.41, 5.74) is 8.16. The first kappa shape index (κ1) is 21.7. The number of nitro benzene ring substituents is 1. The summed E-state index contributed by atoms with van der Waals surface area (Å²) in [6.45, 7) is 0. The highest BCUT2D eigenvalue weighted by atomic mass is 35.5. The summed E-state index contributed by atoms with van der Waals surface area (Å²) in [6, 6.07) is 19.7. The van der Waals surface area contributed by atoms with Gasteiger partial charge in [0.15, 0.2) is 5.82 Å². The number of nitrogens with one attached hydrogen (secondary N) is 3. The lowest BCUT2D eigenvalue weighted by atomic mass is 10.1. The maximum Gasteiger partial charge on any atom is 0.337 e. The minimum absolute atomic E-state index is 0.0144. The first-order valence-electron chi connectivity index (χ1n) is 9.76. The zero-order valence-electron chi connectivity index (χ0n) is 17.0. The number of non-ortho nitro benzene ring substituents is 1. The third-order valence-corrected chi connectivity index (χ3v) is 4.72. The summed E-state index contributed by atoms with van der Waals surface area (Å²) in [6.07, 6.45) is 3.35.